The molecule has 20 heavy (non-hydrogen) atoms. The van der Waals surface area contributed by atoms with Gasteiger partial charge in [-0.2, -0.15) is 0 Å². The monoisotopic (exact) mass is 268 g/mol. The highest BCUT2D eigenvalue weighted by Gasteiger charge is 2.75. The molecule has 4 nitrogen and oxygen atoms in total. The number of esters is 2. The van der Waals surface area contributed by atoms with Crippen molar-refractivity contribution in [3.05, 3.63) is 48.1 Å². The molecule has 0 saturated heterocycles. The summed E-state index contributed by atoms with van der Waals surface area (Å²) in [7, 11) is 0. The number of hydrogen-bond donors (Lipinski definition) is 0. The third-order valence-electron chi connectivity index (χ3n) is 4.33. The molecule has 0 aromatic heterocycles. The standard InChI is InChI=1S/C16H12O4/c1-8(2)14(17)19-9-3-4-12-10(7-9)13-11-5-6-16(11,13)15(18)20-12/h3-7,11,13H,1H2,2H3. The number of ether oxygens (including phenoxy) is 2. The maximum atomic E-state index is 12.0. The van der Waals surface area contributed by atoms with Crippen molar-refractivity contribution < 1.29 is 19.1 Å². The van der Waals surface area contributed by atoms with Crippen LogP contribution in [-0.2, 0) is 9.59 Å². The lowest BCUT2D eigenvalue weighted by molar-refractivity contribution is -0.140. The molecule has 1 heterocycles. The molecule has 2 aliphatic carbocycles. The van der Waals surface area contributed by atoms with Gasteiger partial charge in [0.1, 0.15) is 16.9 Å². The first kappa shape index (κ1) is 11.5. The highest BCUT2D eigenvalue weighted by atomic mass is 16.5. The van der Waals surface area contributed by atoms with Crippen molar-refractivity contribution in [1.29, 1.82) is 0 Å². The van der Waals surface area contributed by atoms with Crippen LogP contribution >= 0.6 is 0 Å². The molecule has 0 N–H and O–H groups in total. The van der Waals surface area contributed by atoms with E-state index in [0.717, 1.165) is 5.56 Å². The number of benzene rings is 1. The predicted octanol–water partition coefficient (Wildman–Crippen LogP) is 2.36. The van der Waals surface area contributed by atoms with Crippen molar-refractivity contribution in [2.75, 3.05) is 0 Å². The molecule has 1 aliphatic heterocycles. The molecule has 4 rings (SSSR count). The van der Waals surface area contributed by atoms with Crippen LogP contribution in [0.4, 0.5) is 0 Å². The SMILES string of the molecule is C=C(C)C(=O)Oc1ccc2c(c1)C1C3C=CC31C(=O)O2. The smallest absolute Gasteiger partial charge is 0.338 e. The van der Waals surface area contributed by atoms with Gasteiger partial charge in [-0.1, -0.05) is 18.7 Å². The van der Waals surface area contributed by atoms with E-state index in [0.29, 0.717) is 17.1 Å². The van der Waals surface area contributed by atoms with E-state index in [-0.39, 0.29) is 17.8 Å². The maximum Gasteiger partial charge on any atom is 0.338 e. The van der Waals surface area contributed by atoms with Crippen molar-refractivity contribution in [2.24, 2.45) is 11.3 Å². The average molecular weight is 268 g/mol. The molecule has 100 valence electrons. The number of carbonyl (C=O) groups excluding carboxylic acids is 2. The van der Waals surface area contributed by atoms with Gasteiger partial charge in [0.2, 0.25) is 0 Å². The van der Waals surface area contributed by atoms with Gasteiger partial charge in [0.05, 0.1) is 0 Å². The fourth-order valence-electron chi connectivity index (χ4n) is 3.15. The fourth-order valence-corrected chi connectivity index (χ4v) is 3.15. The second kappa shape index (κ2) is 3.39. The molecule has 3 atom stereocenters. The van der Waals surface area contributed by atoms with Crippen LogP contribution in [-0.4, -0.2) is 11.9 Å². The number of rotatable bonds is 2. The molecule has 3 unspecified atom stereocenters. The van der Waals surface area contributed by atoms with E-state index in [1.165, 1.54) is 0 Å². The molecule has 1 spiro atoms. The van der Waals surface area contributed by atoms with E-state index in [2.05, 4.69) is 6.58 Å². The van der Waals surface area contributed by atoms with Crippen molar-refractivity contribution >= 4 is 11.9 Å². The number of fused-ring (bicyclic) bond motifs is 3. The highest BCUT2D eigenvalue weighted by molar-refractivity contribution is 5.94. The minimum absolute atomic E-state index is 0.141. The van der Waals surface area contributed by atoms with E-state index in [1.54, 1.807) is 25.1 Å². The second-order valence-electron chi connectivity index (χ2n) is 5.55. The van der Waals surface area contributed by atoms with Crippen molar-refractivity contribution in [3.63, 3.8) is 0 Å². The van der Waals surface area contributed by atoms with Gasteiger partial charge in [-0.25, -0.2) is 4.79 Å². The normalized spacial score (nSPS) is 31.1. The summed E-state index contributed by atoms with van der Waals surface area (Å²) < 4.78 is 10.6. The van der Waals surface area contributed by atoms with Gasteiger partial charge in [-0.05, 0) is 25.1 Å². The predicted molar refractivity (Wildman–Crippen MR) is 70.3 cm³/mol. The topological polar surface area (TPSA) is 52.6 Å². The Morgan fingerprint density at radius 2 is 2.25 bits per heavy atom. The summed E-state index contributed by atoms with van der Waals surface area (Å²) in [5, 5.41) is 0. The zero-order chi connectivity index (χ0) is 14.1. The van der Waals surface area contributed by atoms with Gasteiger partial charge < -0.3 is 9.47 Å². The Hall–Kier alpha value is -2.36. The second-order valence-corrected chi connectivity index (χ2v) is 5.55. The van der Waals surface area contributed by atoms with E-state index >= 15 is 0 Å². The molecular formula is C16H12O4. The summed E-state index contributed by atoms with van der Waals surface area (Å²) in [6.07, 6.45) is 3.95. The Morgan fingerprint density at radius 3 is 2.90 bits per heavy atom. The summed E-state index contributed by atoms with van der Waals surface area (Å²) in [4.78, 5) is 23.5. The van der Waals surface area contributed by atoms with E-state index < -0.39 is 11.4 Å². The number of allylic oxidation sites excluding steroid dienone is 1. The molecule has 3 aliphatic rings. The Bertz CT molecular complexity index is 715. The lowest BCUT2D eigenvalue weighted by Gasteiger charge is -2.22. The van der Waals surface area contributed by atoms with Gasteiger partial charge in [0.25, 0.3) is 0 Å². The van der Waals surface area contributed by atoms with Crippen LogP contribution in [0.3, 0.4) is 0 Å². The van der Waals surface area contributed by atoms with Gasteiger partial charge in [0, 0.05) is 23.0 Å². The van der Waals surface area contributed by atoms with Crippen LogP contribution in [0.5, 0.6) is 11.5 Å². The number of carbonyl (C=O) groups is 2. The van der Waals surface area contributed by atoms with E-state index in [9.17, 15) is 9.59 Å². The largest absolute Gasteiger partial charge is 0.426 e. The Labute approximate surface area is 115 Å². The maximum absolute atomic E-state index is 12.0. The van der Waals surface area contributed by atoms with Crippen LogP contribution < -0.4 is 9.47 Å². The molecule has 1 saturated carbocycles. The zero-order valence-electron chi connectivity index (χ0n) is 10.9. The molecule has 0 radical (unpaired) electrons. The molecule has 1 aromatic rings. The van der Waals surface area contributed by atoms with E-state index in [4.69, 9.17) is 9.47 Å². The fraction of sp³-hybridized carbons (Fsp3) is 0.250. The molecule has 0 amide bonds. The number of hydrogen-bond acceptors (Lipinski definition) is 4. The first-order chi connectivity index (χ1) is 9.54. The first-order valence-corrected chi connectivity index (χ1v) is 6.47. The summed E-state index contributed by atoms with van der Waals surface area (Å²) in [5.41, 5.74) is 0.842. The molecule has 1 aromatic carbocycles. The van der Waals surface area contributed by atoms with Crippen LogP contribution in [0.2, 0.25) is 0 Å². The molecule has 0 bridgehead atoms. The lowest BCUT2D eigenvalue weighted by atomic mass is 9.91. The summed E-state index contributed by atoms with van der Waals surface area (Å²) >= 11 is 0. The minimum atomic E-state index is -0.454. The van der Waals surface area contributed by atoms with Crippen LogP contribution in [0.25, 0.3) is 0 Å². The van der Waals surface area contributed by atoms with Crippen molar-refractivity contribution in [2.45, 2.75) is 12.8 Å². The van der Waals surface area contributed by atoms with Gasteiger partial charge in [0.15, 0.2) is 0 Å². The Kier molecular flexibility index (Phi) is 1.94. The zero-order valence-corrected chi connectivity index (χ0v) is 10.9. The van der Waals surface area contributed by atoms with Gasteiger partial charge >= 0.3 is 11.9 Å². The molecule has 1 fully saturated rings. The molecule has 4 heteroatoms. The van der Waals surface area contributed by atoms with Gasteiger partial charge in [-0.15, -0.1) is 0 Å². The van der Waals surface area contributed by atoms with Crippen molar-refractivity contribution in [1.82, 2.24) is 0 Å². The summed E-state index contributed by atoms with van der Waals surface area (Å²) in [5.74, 6) is 0.775. The third-order valence-corrected chi connectivity index (χ3v) is 4.33. The minimum Gasteiger partial charge on any atom is -0.426 e. The van der Waals surface area contributed by atoms with Crippen molar-refractivity contribution in [3.8, 4) is 11.5 Å². The Balaban J connectivity index is 1.69. The highest BCUT2D eigenvalue weighted by Crippen LogP contribution is 2.75. The Morgan fingerprint density at radius 1 is 1.45 bits per heavy atom. The van der Waals surface area contributed by atoms with Crippen LogP contribution in [0.1, 0.15) is 18.4 Å². The summed E-state index contributed by atoms with van der Waals surface area (Å²) in [6.45, 7) is 5.15. The first-order valence-electron chi connectivity index (χ1n) is 6.47. The van der Waals surface area contributed by atoms with E-state index in [1.807, 2.05) is 12.2 Å². The average Bonchev–Trinajstić information content (AvgIpc) is 2.87. The quantitative estimate of drug-likeness (QED) is 0.357. The lowest BCUT2D eigenvalue weighted by Crippen LogP contribution is -2.28. The van der Waals surface area contributed by atoms with Crippen LogP contribution in [0.15, 0.2) is 42.5 Å². The third kappa shape index (κ3) is 1.21. The summed E-state index contributed by atoms with van der Waals surface area (Å²) in [6, 6.07) is 5.09. The van der Waals surface area contributed by atoms with Crippen LogP contribution in [0, 0.1) is 11.3 Å². The van der Waals surface area contributed by atoms with Gasteiger partial charge in [-0.3, -0.25) is 4.79 Å². The molecular weight excluding hydrogens is 256 g/mol.